The van der Waals surface area contributed by atoms with Crippen LogP contribution in [0.4, 0.5) is 0 Å². The van der Waals surface area contributed by atoms with Crippen LogP contribution in [0.25, 0.3) is 10.6 Å². The van der Waals surface area contributed by atoms with Gasteiger partial charge in [0.25, 0.3) is 0 Å². The number of thiazole rings is 1. The van der Waals surface area contributed by atoms with Gasteiger partial charge >= 0.3 is 5.97 Å². The van der Waals surface area contributed by atoms with Gasteiger partial charge in [0.1, 0.15) is 10.8 Å². The van der Waals surface area contributed by atoms with Gasteiger partial charge in [0.05, 0.1) is 17.2 Å². The van der Waals surface area contributed by atoms with Gasteiger partial charge in [-0.05, 0) is 43.2 Å². The maximum Gasteiger partial charge on any atom is 0.313 e. The number of nitrogens with zero attached hydrogens (tertiary/aromatic N) is 1. The van der Waals surface area contributed by atoms with Crippen molar-refractivity contribution in [3.8, 4) is 33.9 Å². The lowest BCUT2D eigenvalue weighted by atomic mass is 10.2. The van der Waals surface area contributed by atoms with Gasteiger partial charge < -0.3 is 19.0 Å². The zero-order valence-electron chi connectivity index (χ0n) is 17.6. The summed E-state index contributed by atoms with van der Waals surface area (Å²) in [6.07, 6.45) is 0.586. The summed E-state index contributed by atoms with van der Waals surface area (Å²) in [6, 6.07) is 9.56. The molecular weight excluding hydrogens is 434 g/mol. The Hall–Kier alpha value is -2.89. The van der Waals surface area contributed by atoms with Crippen LogP contribution < -0.4 is 9.47 Å². The number of ether oxygens (including phenoxy) is 2. The van der Waals surface area contributed by atoms with Crippen molar-refractivity contribution in [1.29, 1.82) is 0 Å². The number of aryl methyl sites for hydroxylation is 1. The quantitative estimate of drug-likeness (QED) is 0.401. The first-order valence-corrected chi connectivity index (χ1v) is 11.8. The molecule has 0 saturated heterocycles. The van der Waals surface area contributed by atoms with Crippen LogP contribution in [0.1, 0.15) is 35.9 Å². The summed E-state index contributed by atoms with van der Waals surface area (Å²) in [5.41, 5.74) is 1.96. The first-order chi connectivity index (χ1) is 15.1. The van der Waals surface area contributed by atoms with Crippen LogP contribution in [0.3, 0.4) is 0 Å². The third-order valence-electron chi connectivity index (χ3n) is 4.13. The average molecular weight is 458 g/mol. The zero-order valence-corrected chi connectivity index (χ0v) is 19.2. The van der Waals surface area contributed by atoms with Crippen molar-refractivity contribution < 1.29 is 23.8 Å². The van der Waals surface area contributed by atoms with Gasteiger partial charge in [-0.3, -0.25) is 4.79 Å². The number of fused-ring (bicyclic) bond motifs is 1. The minimum Gasteiger partial charge on any atom is -0.481 e. The number of carboxylic acids is 1. The summed E-state index contributed by atoms with van der Waals surface area (Å²) in [7, 11) is 0. The third kappa shape index (κ3) is 6.06. The third-order valence-corrected chi connectivity index (χ3v) is 5.99. The second-order valence-electron chi connectivity index (χ2n) is 6.22. The lowest BCUT2D eigenvalue weighted by Gasteiger charge is -1.99. The number of thioether (sulfide) groups is 1. The van der Waals surface area contributed by atoms with E-state index in [1.807, 2.05) is 51.1 Å². The second kappa shape index (κ2) is 10.9. The number of aliphatic carboxylic acids is 1. The summed E-state index contributed by atoms with van der Waals surface area (Å²) in [4.78, 5) is 16.4. The molecule has 2 aromatic heterocycles. The van der Waals surface area contributed by atoms with Crippen LogP contribution in [-0.2, 0) is 11.2 Å². The Balaban J connectivity index is 0.00000132. The van der Waals surface area contributed by atoms with Gasteiger partial charge in [0.2, 0.25) is 6.79 Å². The SMILES string of the molecule is CC.Cc1sc(-c2ccc3c(c2)OCO3)nc1Cc1ccc(C#CCSCC(=O)O)o1. The molecule has 1 aliphatic heterocycles. The highest BCUT2D eigenvalue weighted by Gasteiger charge is 2.17. The molecule has 0 bridgehead atoms. The normalized spacial score (nSPS) is 11.3. The Morgan fingerprint density at radius 2 is 2.03 bits per heavy atom. The number of rotatable bonds is 6. The Labute approximate surface area is 189 Å². The van der Waals surface area contributed by atoms with Crippen LogP contribution in [-0.4, -0.2) is 34.4 Å². The predicted octanol–water partition coefficient (Wildman–Crippen LogP) is 5.23. The van der Waals surface area contributed by atoms with E-state index in [2.05, 4.69) is 11.8 Å². The Morgan fingerprint density at radius 3 is 2.84 bits per heavy atom. The maximum atomic E-state index is 10.5. The van der Waals surface area contributed by atoms with Crippen molar-refractivity contribution in [3.63, 3.8) is 0 Å². The Morgan fingerprint density at radius 1 is 1.23 bits per heavy atom. The maximum absolute atomic E-state index is 10.5. The Kier molecular flexibility index (Phi) is 8.04. The zero-order chi connectivity index (χ0) is 22.2. The van der Waals surface area contributed by atoms with E-state index in [0.717, 1.165) is 38.4 Å². The van der Waals surface area contributed by atoms with E-state index in [-0.39, 0.29) is 12.5 Å². The standard InChI is InChI=1S/C21H17NO5S2.C2H6/c1-13-17(10-16-6-5-15(27-16)3-2-8-28-11-20(23)24)22-21(29-13)14-4-7-18-19(9-14)26-12-25-18;1-2/h4-7,9H,8,10-12H2,1H3,(H,23,24);1-2H3. The monoisotopic (exact) mass is 457 g/mol. The molecule has 4 rings (SSSR count). The number of aromatic nitrogens is 1. The number of hydrogen-bond donors (Lipinski definition) is 1. The molecule has 0 atom stereocenters. The van der Waals surface area contributed by atoms with E-state index in [4.69, 9.17) is 24.0 Å². The molecule has 0 radical (unpaired) electrons. The lowest BCUT2D eigenvalue weighted by Crippen LogP contribution is -1.97. The molecule has 1 aliphatic rings. The number of furan rings is 1. The largest absolute Gasteiger partial charge is 0.481 e. The summed E-state index contributed by atoms with van der Waals surface area (Å²) < 4.78 is 16.6. The number of benzene rings is 1. The molecule has 3 heterocycles. The first kappa shape index (κ1) is 22.8. The number of hydrogen-bond acceptors (Lipinski definition) is 7. The highest BCUT2D eigenvalue weighted by atomic mass is 32.2. The summed E-state index contributed by atoms with van der Waals surface area (Å²) in [6.45, 7) is 6.30. The molecule has 8 heteroatoms. The van der Waals surface area contributed by atoms with Crippen molar-refractivity contribution in [2.45, 2.75) is 27.2 Å². The molecule has 0 amide bonds. The molecule has 6 nitrogen and oxygen atoms in total. The number of carboxylic acid groups (broad SMARTS) is 1. The molecule has 0 aliphatic carbocycles. The predicted molar refractivity (Wildman–Crippen MR) is 123 cm³/mol. The van der Waals surface area contributed by atoms with E-state index in [9.17, 15) is 4.79 Å². The molecule has 1 aromatic carbocycles. The van der Waals surface area contributed by atoms with Gasteiger partial charge in [-0.1, -0.05) is 19.8 Å². The van der Waals surface area contributed by atoms with Gasteiger partial charge in [0, 0.05) is 16.9 Å². The van der Waals surface area contributed by atoms with Crippen LogP contribution >= 0.6 is 23.1 Å². The topological polar surface area (TPSA) is 81.8 Å². The molecule has 31 heavy (non-hydrogen) atoms. The Bertz CT molecular complexity index is 1110. The van der Waals surface area contributed by atoms with E-state index < -0.39 is 5.97 Å². The van der Waals surface area contributed by atoms with Gasteiger partial charge in [-0.15, -0.1) is 23.1 Å². The fourth-order valence-electron chi connectivity index (χ4n) is 2.76. The highest BCUT2D eigenvalue weighted by Crippen LogP contribution is 2.37. The van der Waals surface area contributed by atoms with Crippen molar-refractivity contribution in [1.82, 2.24) is 4.98 Å². The van der Waals surface area contributed by atoms with Crippen molar-refractivity contribution in [2.24, 2.45) is 0 Å². The van der Waals surface area contributed by atoms with E-state index >= 15 is 0 Å². The molecular formula is C23H23NO5S2. The fraction of sp³-hybridized carbons (Fsp3) is 0.304. The fourth-order valence-corrected chi connectivity index (χ4v) is 4.14. The van der Waals surface area contributed by atoms with E-state index in [0.29, 0.717) is 17.9 Å². The summed E-state index contributed by atoms with van der Waals surface area (Å²) in [5.74, 6) is 8.35. The lowest BCUT2D eigenvalue weighted by molar-refractivity contribution is -0.133. The van der Waals surface area contributed by atoms with Crippen molar-refractivity contribution >= 4 is 29.1 Å². The molecule has 0 spiro atoms. The summed E-state index contributed by atoms with van der Waals surface area (Å²) in [5, 5.41) is 9.54. The molecule has 162 valence electrons. The van der Waals surface area contributed by atoms with E-state index in [1.54, 1.807) is 11.3 Å². The van der Waals surface area contributed by atoms with Gasteiger partial charge in [0.15, 0.2) is 17.3 Å². The smallest absolute Gasteiger partial charge is 0.313 e. The van der Waals surface area contributed by atoms with Crippen LogP contribution in [0.2, 0.25) is 0 Å². The van der Waals surface area contributed by atoms with Gasteiger partial charge in [-0.2, -0.15) is 0 Å². The number of carbonyl (C=O) groups is 1. The second-order valence-corrected chi connectivity index (χ2v) is 8.41. The molecule has 0 unspecified atom stereocenters. The van der Waals surface area contributed by atoms with Crippen LogP contribution in [0.15, 0.2) is 34.7 Å². The first-order valence-electron chi connectivity index (χ1n) is 9.82. The molecule has 0 fully saturated rings. The average Bonchev–Trinajstić information content (AvgIpc) is 3.49. The molecule has 1 N–H and O–H groups in total. The minimum atomic E-state index is -0.837. The molecule has 0 saturated carbocycles. The summed E-state index contributed by atoms with van der Waals surface area (Å²) >= 11 is 2.89. The molecule has 3 aromatic rings. The highest BCUT2D eigenvalue weighted by molar-refractivity contribution is 8.00. The van der Waals surface area contributed by atoms with Crippen LogP contribution in [0, 0.1) is 18.8 Å². The van der Waals surface area contributed by atoms with Gasteiger partial charge in [-0.25, -0.2) is 4.98 Å². The van der Waals surface area contributed by atoms with Crippen molar-refractivity contribution in [2.75, 3.05) is 18.3 Å². The van der Waals surface area contributed by atoms with Crippen LogP contribution in [0.5, 0.6) is 11.5 Å². The van der Waals surface area contributed by atoms with E-state index in [1.165, 1.54) is 11.8 Å². The van der Waals surface area contributed by atoms with Crippen molar-refractivity contribution in [3.05, 3.63) is 52.4 Å². The minimum absolute atomic E-state index is 0.0485.